The summed E-state index contributed by atoms with van der Waals surface area (Å²) in [6, 6.07) is 0.761. The molecule has 1 saturated heterocycles. The van der Waals surface area contributed by atoms with Crippen LogP contribution in [-0.4, -0.2) is 53.5 Å². The van der Waals surface area contributed by atoms with Crippen molar-refractivity contribution in [2.45, 2.75) is 69.9 Å². The third-order valence-electron chi connectivity index (χ3n) is 6.02. The zero-order valence-corrected chi connectivity index (χ0v) is 13.5. The summed E-state index contributed by atoms with van der Waals surface area (Å²) in [5, 5.41) is 0. The molecule has 0 radical (unpaired) electrons. The van der Waals surface area contributed by atoms with Gasteiger partial charge in [0.2, 0.25) is 5.91 Å². The van der Waals surface area contributed by atoms with E-state index in [1.54, 1.807) is 0 Å². The van der Waals surface area contributed by atoms with Crippen molar-refractivity contribution in [2.75, 3.05) is 26.2 Å². The Kier molecular flexibility index (Phi) is 4.55. The molecule has 0 atom stereocenters. The third kappa shape index (κ3) is 3.26. The highest BCUT2D eigenvalue weighted by Crippen LogP contribution is 2.31. The van der Waals surface area contributed by atoms with Crippen molar-refractivity contribution in [1.82, 2.24) is 9.80 Å². The zero-order chi connectivity index (χ0) is 14.9. The summed E-state index contributed by atoms with van der Waals surface area (Å²) in [5.41, 5.74) is 5.78. The molecule has 1 amide bonds. The Morgan fingerprint density at radius 2 is 1.57 bits per heavy atom. The van der Waals surface area contributed by atoms with Crippen molar-refractivity contribution >= 4 is 5.91 Å². The molecular formula is C17H31N3O. The van der Waals surface area contributed by atoms with Gasteiger partial charge < -0.3 is 10.6 Å². The van der Waals surface area contributed by atoms with Crippen LogP contribution in [-0.2, 0) is 4.79 Å². The number of carbonyl (C=O) groups excluding carboxylic acids is 1. The van der Waals surface area contributed by atoms with E-state index < -0.39 is 5.54 Å². The normalized spacial score (nSPS) is 34.1. The van der Waals surface area contributed by atoms with Crippen LogP contribution in [0, 0.1) is 5.92 Å². The third-order valence-corrected chi connectivity index (χ3v) is 6.02. The van der Waals surface area contributed by atoms with Crippen molar-refractivity contribution in [1.29, 1.82) is 0 Å². The van der Waals surface area contributed by atoms with Crippen LogP contribution in [0.3, 0.4) is 0 Å². The molecule has 1 heterocycles. The van der Waals surface area contributed by atoms with Crippen molar-refractivity contribution in [3.05, 3.63) is 0 Å². The largest absolute Gasteiger partial charge is 0.339 e. The van der Waals surface area contributed by atoms with Gasteiger partial charge in [-0.3, -0.25) is 9.69 Å². The maximum atomic E-state index is 12.6. The van der Waals surface area contributed by atoms with Crippen LogP contribution in [0.5, 0.6) is 0 Å². The predicted octanol–water partition coefficient (Wildman–Crippen LogP) is 1.98. The first-order valence-corrected chi connectivity index (χ1v) is 8.91. The first kappa shape index (κ1) is 15.3. The molecule has 1 aliphatic heterocycles. The monoisotopic (exact) mass is 293 g/mol. The van der Waals surface area contributed by atoms with E-state index in [1.807, 2.05) is 4.90 Å². The molecule has 2 aliphatic carbocycles. The van der Waals surface area contributed by atoms with Gasteiger partial charge in [-0.2, -0.15) is 0 Å². The lowest BCUT2D eigenvalue weighted by Gasteiger charge is -2.43. The highest BCUT2D eigenvalue weighted by molar-refractivity contribution is 5.86. The average Bonchev–Trinajstić information content (AvgIpc) is 2.96. The molecule has 0 spiro atoms. The summed E-state index contributed by atoms with van der Waals surface area (Å²) in [6.07, 6.45) is 9.42. The summed E-state index contributed by atoms with van der Waals surface area (Å²) >= 11 is 0. The fraction of sp³-hybridized carbons (Fsp3) is 0.941. The quantitative estimate of drug-likeness (QED) is 0.847. The molecular weight excluding hydrogens is 262 g/mol. The van der Waals surface area contributed by atoms with E-state index in [4.69, 9.17) is 5.73 Å². The molecule has 4 heteroatoms. The minimum atomic E-state index is -0.539. The van der Waals surface area contributed by atoms with Crippen molar-refractivity contribution in [3.8, 4) is 0 Å². The lowest BCUT2D eigenvalue weighted by molar-refractivity contribution is -0.139. The number of amides is 1. The SMILES string of the molecule is CC1CCC(N2CCN(C(=O)C3(N)CCCC3)CC2)CC1. The molecule has 4 nitrogen and oxygen atoms in total. The molecule has 0 aromatic heterocycles. The Morgan fingerprint density at radius 1 is 1.00 bits per heavy atom. The molecule has 0 unspecified atom stereocenters. The molecule has 3 aliphatic rings. The van der Waals surface area contributed by atoms with Gasteiger partial charge in [-0.15, -0.1) is 0 Å². The summed E-state index contributed by atoms with van der Waals surface area (Å²) in [5.74, 6) is 1.13. The molecule has 0 bridgehead atoms. The van der Waals surface area contributed by atoms with Crippen LogP contribution in [0.4, 0.5) is 0 Å². The summed E-state index contributed by atoms with van der Waals surface area (Å²) in [6.45, 7) is 6.21. The minimum Gasteiger partial charge on any atom is -0.339 e. The summed E-state index contributed by atoms with van der Waals surface area (Å²) < 4.78 is 0. The topological polar surface area (TPSA) is 49.6 Å². The molecule has 2 saturated carbocycles. The highest BCUT2D eigenvalue weighted by Gasteiger charge is 2.41. The van der Waals surface area contributed by atoms with Gasteiger partial charge in [-0.05, 0) is 44.4 Å². The maximum Gasteiger partial charge on any atom is 0.242 e. The van der Waals surface area contributed by atoms with E-state index in [9.17, 15) is 4.79 Å². The van der Waals surface area contributed by atoms with Gasteiger partial charge in [0.15, 0.2) is 0 Å². The zero-order valence-electron chi connectivity index (χ0n) is 13.5. The highest BCUT2D eigenvalue weighted by atomic mass is 16.2. The second kappa shape index (κ2) is 6.25. The molecule has 3 fully saturated rings. The van der Waals surface area contributed by atoms with Crippen LogP contribution in [0.1, 0.15) is 58.3 Å². The van der Waals surface area contributed by atoms with Crippen molar-refractivity contribution in [3.63, 3.8) is 0 Å². The molecule has 0 aromatic carbocycles. The van der Waals surface area contributed by atoms with Gasteiger partial charge >= 0.3 is 0 Å². The minimum absolute atomic E-state index is 0.219. The molecule has 3 rings (SSSR count). The number of nitrogens with two attached hydrogens (primary N) is 1. The number of rotatable bonds is 2. The first-order valence-electron chi connectivity index (χ1n) is 8.91. The number of nitrogens with zero attached hydrogens (tertiary/aromatic N) is 2. The van der Waals surface area contributed by atoms with Crippen molar-refractivity contribution in [2.24, 2.45) is 11.7 Å². The van der Waals surface area contributed by atoms with Crippen LogP contribution in [0.2, 0.25) is 0 Å². The lowest BCUT2D eigenvalue weighted by Crippen LogP contribution is -2.59. The Morgan fingerprint density at radius 3 is 2.14 bits per heavy atom. The van der Waals surface area contributed by atoms with Gasteiger partial charge in [-0.1, -0.05) is 19.8 Å². The molecule has 0 aromatic rings. The van der Waals surface area contributed by atoms with E-state index in [2.05, 4.69) is 11.8 Å². The molecule has 120 valence electrons. The average molecular weight is 293 g/mol. The number of hydrogen-bond acceptors (Lipinski definition) is 3. The van der Waals surface area contributed by atoms with E-state index in [-0.39, 0.29) is 5.91 Å². The Labute approximate surface area is 129 Å². The molecule has 21 heavy (non-hydrogen) atoms. The standard InChI is InChI=1S/C17H31N3O/c1-14-4-6-15(7-5-14)19-10-12-20(13-11-19)16(21)17(18)8-2-3-9-17/h14-15H,2-13,18H2,1H3. The maximum absolute atomic E-state index is 12.6. The molecule has 2 N–H and O–H groups in total. The second-order valence-corrected chi connectivity index (χ2v) is 7.61. The first-order chi connectivity index (χ1) is 10.1. The van der Waals surface area contributed by atoms with Gasteiger partial charge in [0.25, 0.3) is 0 Å². The van der Waals surface area contributed by atoms with Crippen LogP contribution < -0.4 is 5.73 Å². The van der Waals surface area contributed by atoms with Gasteiger partial charge in [0.05, 0.1) is 5.54 Å². The van der Waals surface area contributed by atoms with E-state index in [0.29, 0.717) is 0 Å². The second-order valence-electron chi connectivity index (χ2n) is 7.61. The van der Waals surface area contributed by atoms with Crippen LogP contribution >= 0.6 is 0 Å². The predicted molar refractivity (Wildman–Crippen MR) is 85.0 cm³/mol. The van der Waals surface area contributed by atoms with E-state index in [1.165, 1.54) is 25.7 Å². The van der Waals surface area contributed by atoms with Gasteiger partial charge in [0.1, 0.15) is 0 Å². The fourth-order valence-corrected chi connectivity index (χ4v) is 4.43. The van der Waals surface area contributed by atoms with Gasteiger partial charge in [-0.25, -0.2) is 0 Å². The Balaban J connectivity index is 1.50. The lowest BCUT2D eigenvalue weighted by atomic mass is 9.86. The Hall–Kier alpha value is -0.610. The Bertz CT molecular complexity index is 362. The van der Waals surface area contributed by atoms with E-state index in [0.717, 1.165) is 63.8 Å². The van der Waals surface area contributed by atoms with E-state index >= 15 is 0 Å². The summed E-state index contributed by atoms with van der Waals surface area (Å²) in [4.78, 5) is 17.3. The van der Waals surface area contributed by atoms with Crippen molar-refractivity contribution < 1.29 is 4.79 Å². The summed E-state index contributed by atoms with van der Waals surface area (Å²) in [7, 11) is 0. The fourth-order valence-electron chi connectivity index (χ4n) is 4.43. The smallest absolute Gasteiger partial charge is 0.242 e. The van der Waals surface area contributed by atoms with Crippen LogP contribution in [0.15, 0.2) is 0 Å². The number of hydrogen-bond donors (Lipinski definition) is 1. The number of carbonyl (C=O) groups is 1. The van der Waals surface area contributed by atoms with Crippen LogP contribution in [0.25, 0.3) is 0 Å². The number of piperazine rings is 1. The van der Waals surface area contributed by atoms with Gasteiger partial charge in [0, 0.05) is 32.2 Å².